The topological polar surface area (TPSA) is 67.2 Å². The Morgan fingerprint density at radius 2 is 2.29 bits per heavy atom. The van der Waals surface area contributed by atoms with Gasteiger partial charge in [-0.05, 0) is 12.5 Å². The summed E-state index contributed by atoms with van der Waals surface area (Å²) < 4.78 is 1.66. The summed E-state index contributed by atoms with van der Waals surface area (Å²) in [6, 6.07) is 1.56. The van der Waals surface area contributed by atoms with Gasteiger partial charge >= 0.3 is 0 Å². The smallest absolute Gasteiger partial charge is 0.246 e. The SMILES string of the molecule is CCC1NCC(=O)N(Cc2ccn(C)n2)C1=O. The second-order valence-corrected chi connectivity index (χ2v) is 4.14. The summed E-state index contributed by atoms with van der Waals surface area (Å²) in [6.07, 6.45) is 2.48. The van der Waals surface area contributed by atoms with Gasteiger partial charge in [-0.2, -0.15) is 5.10 Å². The van der Waals surface area contributed by atoms with Gasteiger partial charge in [-0.1, -0.05) is 6.92 Å². The Hall–Kier alpha value is -1.69. The Kier molecular flexibility index (Phi) is 3.23. The zero-order chi connectivity index (χ0) is 12.4. The number of carbonyl (C=O) groups is 2. The number of hydrogen-bond acceptors (Lipinski definition) is 4. The fraction of sp³-hybridized carbons (Fsp3) is 0.545. The van der Waals surface area contributed by atoms with Crippen molar-refractivity contribution in [2.24, 2.45) is 7.05 Å². The number of piperazine rings is 1. The Morgan fingerprint density at radius 3 is 2.88 bits per heavy atom. The summed E-state index contributed by atoms with van der Waals surface area (Å²) in [5.41, 5.74) is 0.728. The first-order valence-electron chi connectivity index (χ1n) is 5.68. The van der Waals surface area contributed by atoms with Crippen molar-refractivity contribution in [3.8, 4) is 0 Å². The van der Waals surface area contributed by atoms with E-state index in [0.717, 1.165) is 5.69 Å². The van der Waals surface area contributed by atoms with E-state index < -0.39 is 0 Å². The van der Waals surface area contributed by atoms with Crippen molar-refractivity contribution in [1.29, 1.82) is 0 Å². The quantitative estimate of drug-likeness (QED) is 0.729. The lowest BCUT2D eigenvalue weighted by Gasteiger charge is -2.30. The molecule has 6 heteroatoms. The largest absolute Gasteiger partial charge is 0.297 e. The second kappa shape index (κ2) is 4.67. The molecule has 1 aromatic heterocycles. The zero-order valence-electron chi connectivity index (χ0n) is 10.0. The van der Waals surface area contributed by atoms with Crippen molar-refractivity contribution in [2.75, 3.05) is 6.54 Å². The van der Waals surface area contributed by atoms with Crippen LogP contribution in [0.15, 0.2) is 12.3 Å². The van der Waals surface area contributed by atoms with Crippen molar-refractivity contribution in [3.05, 3.63) is 18.0 Å². The van der Waals surface area contributed by atoms with E-state index in [1.807, 2.05) is 13.0 Å². The minimum Gasteiger partial charge on any atom is -0.297 e. The number of amides is 2. The Morgan fingerprint density at radius 1 is 1.53 bits per heavy atom. The molecule has 0 saturated carbocycles. The van der Waals surface area contributed by atoms with Crippen molar-refractivity contribution >= 4 is 11.8 Å². The van der Waals surface area contributed by atoms with Crippen molar-refractivity contribution in [2.45, 2.75) is 25.9 Å². The van der Waals surface area contributed by atoms with Gasteiger partial charge in [0.05, 0.1) is 24.8 Å². The average Bonchev–Trinajstić information content (AvgIpc) is 2.70. The molecule has 0 aromatic carbocycles. The maximum atomic E-state index is 12.0. The van der Waals surface area contributed by atoms with Gasteiger partial charge in [0, 0.05) is 13.2 Å². The minimum absolute atomic E-state index is 0.158. The summed E-state index contributed by atoms with van der Waals surface area (Å²) >= 11 is 0. The number of hydrogen-bond donors (Lipinski definition) is 1. The number of imide groups is 1. The van der Waals surface area contributed by atoms with Gasteiger partial charge in [0.1, 0.15) is 0 Å². The van der Waals surface area contributed by atoms with Gasteiger partial charge in [0.25, 0.3) is 0 Å². The van der Waals surface area contributed by atoms with Crippen LogP contribution in [-0.2, 0) is 23.2 Å². The molecular formula is C11H16N4O2. The number of aryl methyl sites for hydroxylation is 1. The maximum absolute atomic E-state index is 12.0. The molecule has 0 bridgehead atoms. The third-order valence-corrected chi connectivity index (χ3v) is 2.86. The highest BCUT2D eigenvalue weighted by Crippen LogP contribution is 2.10. The lowest BCUT2D eigenvalue weighted by Crippen LogP contribution is -2.57. The van der Waals surface area contributed by atoms with E-state index in [1.54, 1.807) is 17.9 Å². The van der Waals surface area contributed by atoms with Crippen LogP contribution in [0.5, 0.6) is 0 Å². The standard InChI is InChI=1S/C11H16N4O2/c1-3-9-11(17)15(10(16)6-12-9)7-8-4-5-14(2)13-8/h4-5,9,12H,3,6-7H2,1-2H3. The predicted molar refractivity (Wildman–Crippen MR) is 60.8 cm³/mol. The normalized spacial score (nSPS) is 21.1. The summed E-state index contributed by atoms with van der Waals surface area (Å²) in [7, 11) is 1.81. The molecule has 0 spiro atoms. The van der Waals surface area contributed by atoms with E-state index in [4.69, 9.17) is 0 Å². The van der Waals surface area contributed by atoms with Crippen molar-refractivity contribution < 1.29 is 9.59 Å². The molecule has 1 aromatic rings. The van der Waals surface area contributed by atoms with Crippen LogP contribution in [0, 0.1) is 0 Å². The summed E-state index contributed by atoms with van der Waals surface area (Å²) in [4.78, 5) is 25.0. The highest BCUT2D eigenvalue weighted by molar-refractivity contribution is 6.01. The van der Waals surface area contributed by atoms with E-state index in [-0.39, 0.29) is 30.9 Å². The molecule has 92 valence electrons. The highest BCUT2D eigenvalue weighted by atomic mass is 16.2. The third kappa shape index (κ3) is 2.36. The Labute approximate surface area is 99.6 Å². The zero-order valence-corrected chi connectivity index (χ0v) is 10.0. The molecule has 1 aliphatic heterocycles. The fourth-order valence-electron chi connectivity index (χ4n) is 1.90. The van der Waals surface area contributed by atoms with Gasteiger partial charge in [-0.3, -0.25) is 24.5 Å². The van der Waals surface area contributed by atoms with Crippen LogP contribution < -0.4 is 5.32 Å². The molecule has 1 N–H and O–H groups in total. The fourth-order valence-corrected chi connectivity index (χ4v) is 1.90. The van der Waals surface area contributed by atoms with Crippen molar-refractivity contribution in [3.63, 3.8) is 0 Å². The first-order valence-corrected chi connectivity index (χ1v) is 5.68. The van der Waals surface area contributed by atoms with E-state index in [2.05, 4.69) is 10.4 Å². The monoisotopic (exact) mass is 236 g/mol. The van der Waals surface area contributed by atoms with Gasteiger partial charge in [-0.15, -0.1) is 0 Å². The molecule has 2 heterocycles. The van der Waals surface area contributed by atoms with E-state index >= 15 is 0 Å². The summed E-state index contributed by atoms with van der Waals surface area (Å²) in [5.74, 6) is -0.347. The van der Waals surface area contributed by atoms with E-state index in [9.17, 15) is 9.59 Å². The van der Waals surface area contributed by atoms with Gasteiger partial charge in [0.15, 0.2) is 0 Å². The van der Waals surface area contributed by atoms with Gasteiger partial charge < -0.3 is 0 Å². The van der Waals surface area contributed by atoms with Crippen LogP contribution in [0.2, 0.25) is 0 Å². The first-order chi connectivity index (χ1) is 8.11. The van der Waals surface area contributed by atoms with Gasteiger partial charge in [0.2, 0.25) is 11.8 Å². The van der Waals surface area contributed by atoms with Gasteiger partial charge in [-0.25, -0.2) is 0 Å². The average molecular weight is 236 g/mol. The number of nitrogens with zero attached hydrogens (tertiary/aromatic N) is 3. The lowest BCUT2D eigenvalue weighted by molar-refractivity contribution is -0.150. The number of carbonyl (C=O) groups excluding carboxylic acids is 2. The lowest BCUT2D eigenvalue weighted by atomic mass is 10.1. The van der Waals surface area contributed by atoms with E-state index in [0.29, 0.717) is 6.42 Å². The van der Waals surface area contributed by atoms with Crippen LogP contribution in [0.25, 0.3) is 0 Å². The molecule has 6 nitrogen and oxygen atoms in total. The molecule has 2 rings (SSSR count). The van der Waals surface area contributed by atoms with Crippen LogP contribution in [-0.4, -0.2) is 39.1 Å². The van der Waals surface area contributed by atoms with Crippen LogP contribution >= 0.6 is 0 Å². The molecular weight excluding hydrogens is 220 g/mol. The number of nitrogens with one attached hydrogen (secondary N) is 1. The maximum Gasteiger partial charge on any atom is 0.246 e. The molecule has 17 heavy (non-hydrogen) atoms. The molecule has 1 atom stereocenters. The predicted octanol–water partition coefficient (Wildman–Crippen LogP) is -0.343. The van der Waals surface area contributed by atoms with Crippen LogP contribution in [0.3, 0.4) is 0 Å². The van der Waals surface area contributed by atoms with Crippen LogP contribution in [0.1, 0.15) is 19.0 Å². The molecule has 2 amide bonds. The molecule has 1 aliphatic rings. The third-order valence-electron chi connectivity index (χ3n) is 2.86. The molecule has 1 saturated heterocycles. The highest BCUT2D eigenvalue weighted by Gasteiger charge is 2.32. The van der Waals surface area contributed by atoms with E-state index in [1.165, 1.54) is 4.90 Å². The van der Waals surface area contributed by atoms with Crippen LogP contribution in [0.4, 0.5) is 0 Å². The molecule has 0 aliphatic carbocycles. The molecule has 0 radical (unpaired) electrons. The number of rotatable bonds is 3. The molecule has 1 unspecified atom stereocenters. The molecule has 1 fully saturated rings. The van der Waals surface area contributed by atoms with Crippen molar-refractivity contribution in [1.82, 2.24) is 20.0 Å². The summed E-state index contributed by atoms with van der Waals surface area (Å²) in [5, 5.41) is 7.10. The number of aromatic nitrogens is 2. The Bertz CT molecular complexity index is 440. The Balaban J connectivity index is 2.12. The summed E-state index contributed by atoms with van der Waals surface area (Å²) in [6.45, 7) is 2.40. The first kappa shape index (κ1) is 11.8. The minimum atomic E-state index is -0.253. The second-order valence-electron chi connectivity index (χ2n) is 4.14.